The largest absolute Gasteiger partial charge is 0.481 e. The average Bonchev–Trinajstić information content (AvgIpc) is 2.53. The van der Waals surface area contributed by atoms with Gasteiger partial charge in [0.15, 0.2) is 0 Å². The highest BCUT2D eigenvalue weighted by atomic mass is 16.5. The van der Waals surface area contributed by atoms with E-state index in [-0.39, 0.29) is 18.4 Å². The van der Waals surface area contributed by atoms with Crippen molar-refractivity contribution in [1.82, 2.24) is 4.90 Å². The van der Waals surface area contributed by atoms with Crippen LogP contribution in [0.1, 0.15) is 23.7 Å². The number of amides is 2. The minimum Gasteiger partial charge on any atom is -0.481 e. The minimum absolute atomic E-state index is 0.0423. The first-order chi connectivity index (χ1) is 11.5. The van der Waals surface area contributed by atoms with Crippen LogP contribution in [0.5, 0.6) is 0 Å². The molecular weight excluding hydrogens is 312 g/mol. The Bertz CT molecular complexity index is 671. The van der Waals surface area contributed by atoms with Gasteiger partial charge in [-0.3, -0.25) is 14.4 Å². The van der Waals surface area contributed by atoms with Crippen LogP contribution in [0.2, 0.25) is 0 Å². The Morgan fingerprint density at radius 3 is 2.67 bits per heavy atom. The molecule has 0 saturated carbocycles. The van der Waals surface area contributed by atoms with Gasteiger partial charge in [0.05, 0.1) is 12.5 Å². The summed E-state index contributed by atoms with van der Waals surface area (Å²) < 4.78 is 5.36. The summed E-state index contributed by atoms with van der Waals surface area (Å²) in [7, 11) is 0. The molecule has 24 heavy (non-hydrogen) atoms. The molecule has 1 aromatic carbocycles. The van der Waals surface area contributed by atoms with E-state index in [2.05, 4.69) is 0 Å². The summed E-state index contributed by atoms with van der Waals surface area (Å²) in [5, 5.41) is 9.12. The molecule has 0 bridgehead atoms. The van der Waals surface area contributed by atoms with Crippen molar-refractivity contribution in [3.05, 3.63) is 29.8 Å². The maximum atomic E-state index is 12.6. The molecule has 0 radical (unpaired) electrons. The molecule has 2 unspecified atom stereocenters. The van der Waals surface area contributed by atoms with Crippen LogP contribution in [0.4, 0.5) is 5.69 Å². The topological polar surface area (TPSA) is 87.2 Å². The summed E-state index contributed by atoms with van der Waals surface area (Å²) >= 11 is 0. The van der Waals surface area contributed by atoms with Gasteiger partial charge in [0.2, 0.25) is 0 Å². The van der Waals surface area contributed by atoms with Crippen molar-refractivity contribution in [1.29, 1.82) is 0 Å². The molecule has 0 aliphatic carbocycles. The average molecular weight is 332 g/mol. The van der Waals surface area contributed by atoms with Crippen molar-refractivity contribution in [2.45, 2.75) is 19.4 Å². The molecule has 128 valence electrons. The number of rotatable bonds is 4. The highest BCUT2D eigenvalue weighted by molar-refractivity contribution is 6.01. The number of hydrogen-bond donors (Lipinski definition) is 1. The van der Waals surface area contributed by atoms with Crippen molar-refractivity contribution < 1.29 is 24.2 Å². The monoisotopic (exact) mass is 332 g/mol. The maximum absolute atomic E-state index is 12.6. The van der Waals surface area contributed by atoms with Crippen molar-refractivity contribution in [3.8, 4) is 0 Å². The molecule has 2 aliphatic heterocycles. The Hall–Kier alpha value is -2.41. The highest BCUT2D eigenvalue weighted by Gasteiger charge is 2.38. The number of morpholine rings is 1. The first-order valence-electron chi connectivity index (χ1n) is 8.04. The number of carboxylic acids is 1. The second kappa shape index (κ2) is 6.60. The Morgan fingerprint density at radius 1 is 1.29 bits per heavy atom. The number of carbonyl (C=O) groups excluding carboxylic acids is 2. The van der Waals surface area contributed by atoms with Crippen molar-refractivity contribution in [3.63, 3.8) is 0 Å². The van der Waals surface area contributed by atoms with Gasteiger partial charge in [-0.25, -0.2) is 0 Å². The summed E-state index contributed by atoms with van der Waals surface area (Å²) in [6.45, 7) is 3.58. The lowest BCUT2D eigenvalue weighted by atomic mass is 10.0. The number of anilines is 1. The molecule has 1 aromatic rings. The molecule has 2 fully saturated rings. The van der Waals surface area contributed by atoms with E-state index in [0.29, 0.717) is 17.8 Å². The molecule has 0 spiro atoms. The van der Waals surface area contributed by atoms with E-state index in [0.717, 1.165) is 19.5 Å². The van der Waals surface area contributed by atoms with E-state index in [1.54, 1.807) is 29.2 Å². The number of carbonyl (C=O) groups is 3. The molecular formula is C17H20N2O5. The van der Waals surface area contributed by atoms with Gasteiger partial charge in [-0.05, 0) is 31.5 Å². The quantitative estimate of drug-likeness (QED) is 0.888. The number of nitrogens with zero attached hydrogens (tertiary/aromatic N) is 2. The summed E-state index contributed by atoms with van der Waals surface area (Å²) in [6.07, 6.45) is 0.00767. The fourth-order valence-electron chi connectivity index (χ4n) is 2.86. The van der Waals surface area contributed by atoms with Crippen molar-refractivity contribution >= 4 is 23.5 Å². The molecule has 2 amide bonds. The molecule has 1 N–H and O–H groups in total. The third-order valence-electron chi connectivity index (χ3n) is 4.51. The van der Waals surface area contributed by atoms with E-state index in [4.69, 9.17) is 9.84 Å². The molecule has 0 aromatic heterocycles. The van der Waals surface area contributed by atoms with E-state index < -0.39 is 18.0 Å². The Labute approximate surface area is 139 Å². The third-order valence-corrected chi connectivity index (χ3v) is 4.51. The smallest absolute Gasteiger partial charge is 0.309 e. The fraction of sp³-hybridized carbons (Fsp3) is 0.471. The summed E-state index contributed by atoms with van der Waals surface area (Å²) in [5.74, 6) is -2.42. The van der Waals surface area contributed by atoms with E-state index in [1.807, 2.05) is 0 Å². The van der Waals surface area contributed by atoms with Crippen LogP contribution in [0.25, 0.3) is 0 Å². The predicted molar refractivity (Wildman–Crippen MR) is 85.9 cm³/mol. The molecule has 7 nitrogen and oxygen atoms in total. The number of aliphatic carboxylic acids is 1. The van der Waals surface area contributed by atoms with Gasteiger partial charge in [-0.1, -0.05) is 6.07 Å². The van der Waals surface area contributed by atoms with Crippen LogP contribution in [0, 0.1) is 5.92 Å². The maximum Gasteiger partial charge on any atom is 0.309 e. The normalized spacial score (nSPS) is 22.0. The van der Waals surface area contributed by atoms with Crippen LogP contribution in [-0.2, 0) is 14.3 Å². The summed E-state index contributed by atoms with van der Waals surface area (Å²) in [4.78, 5) is 39.3. The molecule has 2 atom stereocenters. The van der Waals surface area contributed by atoms with Gasteiger partial charge in [0, 0.05) is 30.9 Å². The van der Waals surface area contributed by atoms with E-state index in [9.17, 15) is 14.4 Å². The SMILES string of the molecule is CC(C(=O)O)C1OCCN(c2cccc(C(=O)N3CCC3)c2)C1=O. The molecule has 2 heterocycles. The second-order valence-corrected chi connectivity index (χ2v) is 6.10. The van der Waals surface area contributed by atoms with Crippen LogP contribution >= 0.6 is 0 Å². The summed E-state index contributed by atoms with van der Waals surface area (Å²) in [6, 6.07) is 6.90. The van der Waals surface area contributed by atoms with E-state index in [1.165, 1.54) is 11.8 Å². The van der Waals surface area contributed by atoms with E-state index >= 15 is 0 Å². The van der Waals surface area contributed by atoms with Gasteiger partial charge in [-0.2, -0.15) is 0 Å². The zero-order valence-electron chi connectivity index (χ0n) is 13.5. The fourth-order valence-corrected chi connectivity index (χ4v) is 2.86. The van der Waals surface area contributed by atoms with Crippen molar-refractivity contribution in [2.24, 2.45) is 5.92 Å². The van der Waals surface area contributed by atoms with Gasteiger partial charge >= 0.3 is 5.97 Å². The standard InChI is InChI=1S/C17H20N2O5/c1-11(17(22)23)14-16(21)19(8-9-24-14)13-5-2-4-12(10-13)15(20)18-6-3-7-18/h2,4-5,10-11,14H,3,6-9H2,1H3,(H,22,23). The van der Waals surface area contributed by atoms with Crippen LogP contribution in [0.15, 0.2) is 24.3 Å². The molecule has 2 saturated heterocycles. The van der Waals surface area contributed by atoms with Crippen LogP contribution in [0.3, 0.4) is 0 Å². The van der Waals surface area contributed by atoms with Crippen LogP contribution in [-0.4, -0.2) is 60.1 Å². The second-order valence-electron chi connectivity index (χ2n) is 6.10. The number of carboxylic acid groups (broad SMARTS) is 1. The third kappa shape index (κ3) is 2.99. The summed E-state index contributed by atoms with van der Waals surface area (Å²) in [5.41, 5.74) is 1.13. The Kier molecular flexibility index (Phi) is 4.53. The lowest BCUT2D eigenvalue weighted by Crippen LogP contribution is -2.51. The predicted octanol–water partition coefficient (Wildman–Crippen LogP) is 0.985. The van der Waals surface area contributed by atoms with Gasteiger partial charge in [0.25, 0.3) is 11.8 Å². The zero-order valence-corrected chi connectivity index (χ0v) is 13.5. The first kappa shape index (κ1) is 16.4. The lowest BCUT2D eigenvalue weighted by molar-refractivity contribution is -0.154. The number of hydrogen-bond acceptors (Lipinski definition) is 4. The molecule has 7 heteroatoms. The van der Waals surface area contributed by atoms with Gasteiger partial charge in [-0.15, -0.1) is 0 Å². The zero-order chi connectivity index (χ0) is 17.3. The number of ether oxygens (including phenoxy) is 1. The van der Waals surface area contributed by atoms with Crippen LogP contribution < -0.4 is 4.90 Å². The molecule has 3 rings (SSSR count). The van der Waals surface area contributed by atoms with Gasteiger partial charge in [0.1, 0.15) is 6.10 Å². The minimum atomic E-state index is -1.07. The number of benzene rings is 1. The highest BCUT2D eigenvalue weighted by Crippen LogP contribution is 2.24. The lowest BCUT2D eigenvalue weighted by Gasteiger charge is -2.34. The van der Waals surface area contributed by atoms with Gasteiger partial charge < -0.3 is 19.6 Å². The Morgan fingerprint density at radius 2 is 2.04 bits per heavy atom. The van der Waals surface area contributed by atoms with Crippen molar-refractivity contribution in [2.75, 3.05) is 31.1 Å². The Balaban J connectivity index is 1.81. The number of likely N-dealkylation sites (tertiary alicyclic amines) is 1. The molecule has 2 aliphatic rings. The first-order valence-corrected chi connectivity index (χ1v) is 8.04.